The van der Waals surface area contributed by atoms with E-state index in [9.17, 15) is 0 Å². The third kappa shape index (κ3) is 1.47. The molecule has 0 radical (unpaired) electrons. The highest BCUT2D eigenvalue weighted by Crippen LogP contribution is 2.08. The van der Waals surface area contributed by atoms with Crippen molar-refractivity contribution in [3.05, 3.63) is 11.8 Å². The van der Waals surface area contributed by atoms with Gasteiger partial charge in [-0.15, -0.1) is 5.70 Å². The van der Waals surface area contributed by atoms with Crippen molar-refractivity contribution in [1.29, 1.82) is 0 Å². The zero-order chi connectivity index (χ0) is 5.11. The summed E-state index contributed by atoms with van der Waals surface area (Å²) < 4.78 is 0. The summed E-state index contributed by atoms with van der Waals surface area (Å²) in [4.78, 5) is 0. The van der Waals surface area contributed by atoms with Gasteiger partial charge in [-0.25, -0.2) is 0 Å². The van der Waals surface area contributed by atoms with E-state index in [4.69, 9.17) is 0 Å². The fourth-order valence-electron chi connectivity index (χ4n) is 0.982. The van der Waals surface area contributed by atoms with E-state index in [-0.39, 0.29) is 8.80 Å². The second-order valence-corrected chi connectivity index (χ2v) is 5.25. The molecule has 0 bridgehead atoms. The molecule has 0 nitrogen and oxygen atoms in total. The van der Waals surface area contributed by atoms with Crippen LogP contribution >= 0.6 is 0 Å². The third-order valence-corrected chi connectivity index (χ3v) is 3.74. The van der Waals surface area contributed by atoms with Crippen LogP contribution in [0.4, 0.5) is 0 Å². The van der Waals surface area contributed by atoms with E-state index in [1.54, 1.807) is 0 Å². The molecule has 1 aliphatic heterocycles. The number of rotatable bonds is 0. The molecule has 0 saturated carbocycles. The Morgan fingerprint density at radius 1 is 1.57 bits per heavy atom. The molecule has 0 aliphatic carbocycles. The number of allylic oxidation sites excluding steroid dienone is 1. The number of hydrogen-bond donors (Lipinski definition) is 0. The lowest BCUT2D eigenvalue weighted by atomic mass is 10.3. The Morgan fingerprint density at radius 2 is 2.43 bits per heavy atom. The quantitative estimate of drug-likeness (QED) is 0.419. The molecule has 0 N–H and O–H groups in total. The molecule has 1 rings (SSSR count). The minimum absolute atomic E-state index is 0.275. The molecule has 0 aromatic carbocycles. The average Bonchev–Trinajstić information content (AvgIpc) is 1.69. The second kappa shape index (κ2) is 2.31. The molecule has 0 aromatic rings. The highest BCUT2D eigenvalue weighted by molar-refractivity contribution is 6.63. The van der Waals surface area contributed by atoms with E-state index in [1.807, 2.05) is 0 Å². The van der Waals surface area contributed by atoms with E-state index in [2.05, 4.69) is 18.3 Å². The molecule has 0 amide bonds. The Morgan fingerprint density at radius 3 is 2.71 bits per heavy atom. The zero-order valence-corrected chi connectivity index (χ0v) is 6.01. The number of hydrogen-bond acceptors (Lipinski definition) is 0. The second-order valence-electron chi connectivity index (χ2n) is 2.34. The van der Waals surface area contributed by atoms with Gasteiger partial charge in [-0.3, -0.25) is 0 Å². The van der Waals surface area contributed by atoms with Crippen LogP contribution in [0, 0.1) is 0 Å². The van der Waals surface area contributed by atoms with E-state index < -0.39 is 0 Å². The van der Waals surface area contributed by atoms with Crippen molar-refractivity contribution in [2.24, 2.45) is 0 Å². The minimum atomic E-state index is -0.275. The van der Waals surface area contributed by atoms with Crippen molar-refractivity contribution in [3.63, 3.8) is 0 Å². The Bertz CT molecular complexity index is 76.2. The molecule has 1 atom stereocenters. The Hall–Kier alpha value is -0.0431. The maximum absolute atomic E-state index is 2.45. The SMILES string of the molecule is C[Si@@H]1C=CCCC1. The molecule has 1 heteroatoms. The van der Waals surface area contributed by atoms with Crippen molar-refractivity contribution in [2.75, 3.05) is 0 Å². The zero-order valence-electron chi connectivity index (χ0n) is 4.85. The summed E-state index contributed by atoms with van der Waals surface area (Å²) in [6.45, 7) is 2.41. The van der Waals surface area contributed by atoms with Crippen LogP contribution in [0.25, 0.3) is 0 Å². The summed E-state index contributed by atoms with van der Waals surface area (Å²) in [5.74, 6) is 0. The summed E-state index contributed by atoms with van der Waals surface area (Å²) in [6.07, 6.45) is 5.15. The molecule has 1 aliphatic rings. The lowest BCUT2D eigenvalue weighted by molar-refractivity contribution is 0.932. The van der Waals surface area contributed by atoms with Crippen LogP contribution in [0.2, 0.25) is 12.6 Å². The molecule has 0 saturated heterocycles. The standard InChI is InChI=1S/C6H12Si/c1-7-5-3-2-4-6-7/h3,5,7H,2,4,6H2,1H3/t7-/m1/s1. The summed E-state index contributed by atoms with van der Waals surface area (Å²) in [5, 5.41) is 0. The minimum Gasteiger partial charge on any atom is -0.102 e. The molecule has 0 spiro atoms. The van der Waals surface area contributed by atoms with Gasteiger partial charge < -0.3 is 0 Å². The highest BCUT2D eigenvalue weighted by atomic mass is 28.3. The first-order valence-electron chi connectivity index (χ1n) is 3.06. The Labute approximate surface area is 46.8 Å². The van der Waals surface area contributed by atoms with E-state index in [0.29, 0.717) is 0 Å². The van der Waals surface area contributed by atoms with Crippen LogP contribution in [-0.4, -0.2) is 8.80 Å². The topological polar surface area (TPSA) is 0 Å². The van der Waals surface area contributed by atoms with Crippen LogP contribution < -0.4 is 0 Å². The van der Waals surface area contributed by atoms with Crippen LogP contribution in [0.5, 0.6) is 0 Å². The molecule has 0 aromatic heterocycles. The van der Waals surface area contributed by atoms with Crippen molar-refractivity contribution >= 4 is 8.80 Å². The van der Waals surface area contributed by atoms with Gasteiger partial charge in [-0.05, 0) is 6.42 Å². The van der Waals surface area contributed by atoms with Crippen LogP contribution in [-0.2, 0) is 0 Å². The molecule has 40 valence electrons. The van der Waals surface area contributed by atoms with Gasteiger partial charge in [0, 0.05) is 0 Å². The molecule has 7 heavy (non-hydrogen) atoms. The summed E-state index contributed by atoms with van der Waals surface area (Å²) in [7, 11) is -0.275. The molecule has 0 fully saturated rings. The first-order chi connectivity index (χ1) is 3.39. The predicted molar refractivity (Wildman–Crippen MR) is 36.2 cm³/mol. The van der Waals surface area contributed by atoms with E-state index in [1.165, 1.54) is 18.9 Å². The summed E-state index contributed by atoms with van der Waals surface area (Å²) >= 11 is 0. The van der Waals surface area contributed by atoms with Gasteiger partial charge in [0.2, 0.25) is 0 Å². The third-order valence-electron chi connectivity index (χ3n) is 1.49. The van der Waals surface area contributed by atoms with Crippen molar-refractivity contribution in [1.82, 2.24) is 0 Å². The average molecular weight is 112 g/mol. The smallest absolute Gasteiger partial charge is 0.0580 e. The van der Waals surface area contributed by atoms with Crippen molar-refractivity contribution < 1.29 is 0 Å². The highest BCUT2D eigenvalue weighted by Gasteiger charge is 2.00. The first-order valence-corrected chi connectivity index (χ1v) is 5.70. The first kappa shape index (κ1) is 5.10. The van der Waals surface area contributed by atoms with Gasteiger partial charge in [0.25, 0.3) is 0 Å². The fourth-order valence-corrected chi connectivity index (χ4v) is 2.71. The van der Waals surface area contributed by atoms with Gasteiger partial charge in [0.1, 0.15) is 0 Å². The Balaban J connectivity index is 2.36. The fraction of sp³-hybridized carbons (Fsp3) is 0.667. The van der Waals surface area contributed by atoms with Crippen molar-refractivity contribution in [3.8, 4) is 0 Å². The lowest BCUT2D eigenvalue weighted by Gasteiger charge is -2.06. The maximum Gasteiger partial charge on any atom is 0.0580 e. The molecular weight excluding hydrogens is 100 g/mol. The van der Waals surface area contributed by atoms with E-state index in [0.717, 1.165) is 0 Å². The van der Waals surface area contributed by atoms with Gasteiger partial charge in [0.15, 0.2) is 0 Å². The summed E-state index contributed by atoms with van der Waals surface area (Å²) in [6, 6.07) is 1.54. The van der Waals surface area contributed by atoms with Crippen molar-refractivity contribution in [2.45, 2.75) is 25.4 Å². The Kier molecular flexibility index (Phi) is 1.68. The predicted octanol–water partition coefficient (Wildman–Crippen LogP) is 1.73. The monoisotopic (exact) mass is 112 g/mol. The van der Waals surface area contributed by atoms with Crippen LogP contribution in [0.3, 0.4) is 0 Å². The normalized spacial score (nSPS) is 30.7. The molecule has 1 heterocycles. The largest absolute Gasteiger partial charge is 0.102 e. The van der Waals surface area contributed by atoms with Crippen LogP contribution in [0.15, 0.2) is 11.8 Å². The summed E-state index contributed by atoms with van der Waals surface area (Å²) in [5.41, 5.74) is 2.45. The van der Waals surface area contributed by atoms with Crippen LogP contribution in [0.1, 0.15) is 12.8 Å². The lowest BCUT2D eigenvalue weighted by Crippen LogP contribution is -2.04. The maximum atomic E-state index is 2.45. The van der Waals surface area contributed by atoms with Gasteiger partial charge in [0.05, 0.1) is 8.80 Å². The van der Waals surface area contributed by atoms with Gasteiger partial charge in [-0.2, -0.15) is 0 Å². The van der Waals surface area contributed by atoms with Gasteiger partial charge in [-0.1, -0.05) is 25.1 Å². The van der Waals surface area contributed by atoms with Gasteiger partial charge >= 0.3 is 0 Å². The van der Waals surface area contributed by atoms with E-state index >= 15 is 0 Å². The molecular formula is C6H12Si. The molecule has 0 unspecified atom stereocenters.